The highest BCUT2D eigenvalue weighted by atomic mass is 16.5. The third kappa shape index (κ3) is 2.94. The monoisotopic (exact) mass is 222 g/mol. The number of rotatable bonds is 3. The minimum absolute atomic E-state index is 0.341. The molecule has 0 atom stereocenters. The van der Waals surface area contributed by atoms with Gasteiger partial charge in [0.15, 0.2) is 5.78 Å². The topological polar surface area (TPSA) is 26.3 Å². The van der Waals surface area contributed by atoms with Crippen molar-refractivity contribution in [1.29, 1.82) is 0 Å². The second-order valence-corrected chi connectivity index (χ2v) is 4.97. The summed E-state index contributed by atoms with van der Waals surface area (Å²) in [5.41, 5.74) is 1.42. The summed E-state index contributed by atoms with van der Waals surface area (Å²) in [5, 5.41) is 0. The summed E-state index contributed by atoms with van der Waals surface area (Å²) in [6, 6.07) is 0. The Kier molecular flexibility index (Phi) is 4.16. The molecule has 0 spiro atoms. The van der Waals surface area contributed by atoms with Crippen LogP contribution >= 0.6 is 0 Å². The minimum Gasteiger partial charge on any atom is -0.379 e. The average Bonchev–Trinajstić information content (AvgIpc) is 2.30. The van der Waals surface area contributed by atoms with Crippen LogP contribution < -0.4 is 0 Å². The van der Waals surface area contributed by atoms with Crippen LogP contribution in [0.15, 0.2) is 11.6 Å². The third-order valence-corrected chi connectivity index (χ3v) is 3.84. The number of hydrogen-bond donors (Lipinski definition) is 0. The number of carbonyl (C=O) groups is 1. The third-order valence-electron chi connectivity index (χ3n) is 3.84. The lowest BCUT2D eigenvalue weighted by atomic mass is 9.78. The summed E-state index contributed by atoms with van der Waals surface area (Å²) in [7, 11) is 0. The highest BCUT2D eigenvalue weighted by Crippen LogP contribution is 2.35. The molecule has 0 radical (unpaired) electrons. The first-order valence-electron chi connectivity index (χ1n) is 6.64. The highest BCUT2D eigenvalue weighted by molar-refractivity contribution is 5.91. The lowest BCUT2D eigenvalue weighted by molar-refractivity contribution is -0.115. The summed E-state index contributed by atoms with van der Waals surface area (Å²) in [6.45, 7) is 2.89. The maximum Gasteiger partial charge on any atom is 0.155 e. The zero-order valence-electron chi connectivity index (χ0n) is 10.2. The molecule has 16 heavy (non-hydrogen) atoms. The molecule has 0 bridgehead atoms. The van der Waals surface area contributed by atoms with Gasteiger partial charge in [0, 0.05) is 13.0 Å². The van der Waals surface area contributed by atoms with E-state index in [1.165, 1.54) is 31.3 Å². The normalized spacial score (nSPS) is 31.3. The molecule has 2 rings (SSSR count). The van der Waals surface area contributed by atoms with E-state index >= 15 is 0 Å². The summed E-state index contributed by atoms with van der Waals surface area (Å²) in [4.78, 5) is 11.4. The van der Waals surface area contributed by atoms with Crippen LogP contribution in [0.4, 0.5) is 0 Å². The summed E-state index contributed by atoms with van der Waals surface area (Å²) < 4.78 is 5.65. The van der Waals surface area contributed by atoms with E-state index < -0.39 is 0 Å². The molecule has 2 aliphatic carbocycles. The Balaban J connectivity index is 1.86. The maximum absolute atomic E-state index is 11.4. The molecule has 2 nitrogen and oxygen atoms in total. The van der Waals surface area contributed by atoms with E-state index in [4.69, 9.17) is 4.74 Å². The Morgan fingerprint density at radius 3 is 2.62 bits per heavy atom. The van der Waals surface area contributed by atoms with Gasteiger partial charge in [0.25, 0.3) is 0 Å². The van der Waals surface area contributed by atoms with Crippen LogP contribution in [0.5, 0.6) is 0 Å². The van der Waals surface area contributed by atoms with E-state index in [1.807, 2.05) is 6.08 Å². The van der Waals surface area contributed by atoms with Gasteiger partial charge in [-0.1, -0.05) is 5.57 Å². The fraction of sp³-hybridized carbons (Fsp3) is 0.786. The predicted octanol–water partition coefficient (Wildman–Crippen LogP) is 3.26. The molecule has 0 aromatic rings. The largest absolute Gasteiger partial charge is 0.379 e. The minimum atomic E-state index is 0.341. The van der Waals surface area contributed by atoms with Crippen LogP contribution in [-0.2, 0) is 9.53 Å². The van der Waals surface area contributed by atoms with Crippen molar-refractivity contribution in [2.45, 2.75) is 58.0 Å². The Labute approximate surface area is 98.1 Å². The van der Waals surface area contributed by atoms with Gasteiger partial charge in [-0.05, 0) is 57.4 Å². The SMILES string of the molecule is CCO[C@H]1CC[C@H](C2=CC(=O)CCC2)CC1. The van der Waals surface area contributed by atoms with Crippen molar-refractivity contribution in [2.75, 3.05) is 6.61 Å². The van der Waals surface area contributed by atoms with Gasteiger partial charge >= 0.3 is 0 Å². The number of allylic oxidation sites excluding steroid dienone is 2. The van der Waals surface area contributed by atoms with E-state index in [0.29, 0.717) is 17.8 Å². The first-order valence-corrected chi connectivity index (χ1v) is 6.64. The molecule has 0 saturated heterocycles. The standard InChI is InChI=1S/C14H22O2/c1-2-16-14-8-6-11(7-9-14)12-4-3-5-13(15)10-12/h10-11,14H,2-9H2,1H3/t11-,14-. The van der Waals surface area contributed by atoms with Crippen LogP contribution in [0.2, 0.25) is 0 Å². The number of carbonyl (C=O) groups excluding carboxylic acids is 1. The fourth-order valence-corrected chi connectivity index (χ4v) is 2.98. The van der Waals surface area contributed by atoms with Gasteiger partial charge in [-0.15, -0.1) is 0 Å². The van der Waals surface area contributed by atoms with Crippen molar-refractivity contribution in [3.8, 4) is 0 Å². The van der Waals surface area contributed by atoms with E-state index in [-0.39, 0.29) is 0 Å². The van der Waals surface area contributed by atoms with Crippen molar-refractivity contribution in [3.63, 3.8) is 0 Å². The van der Waals surface area contributed by atoms with Gasteiger partial charge in [0.2, 0.25) is 0 Å². The average molecular weight is 222 g/mol. The first-order chi connectivity index (χ1) is 7.79. The van der Waals surface area contributed by atoms with E-state index in [2.05, 4.69) is 6.92 Å². The molecule has 0 aromatic carbocycles. The smallest absolute Gasteiger partial charge is 0.155 e. The van der Waals surface area contributed by atoms with Crippen LogP contribution in [-0.4, -0.2) is 18.5 Å². The maximum atomic E-state index is 11.4. The molecule has 1 fully saturated rings. The molecule has 0 heterocycles. The van der Waals surface area contributed by atoms with Crippen LogP contribution in [0, 0.1) is 5.92 Å². The number of ether oxygens (including phenoxy) is 1. The molecule has 0 amide bonds. The van der Waals surface area contributed by atoms with Gasteiger partial charge in [-0.25, -0.2) is 0 Å². The second kappa shape index (κ2) is 5.62. The molecule has 90 valence electrons. The molecule has 0 N–H and O–H groups in total. The molecule has 1 saturated carbocycles. The number of hydrogen-bond acceptors (Lipinski definition) is 2. The van der Waals surface area contributed by atoms with Gasteiger partial charge in [-0.2, -0.15) is 0 Å². The Morgan fingerprint density at radius 2 is 2.00 bits per heavy atom. The highest BCUT2D eigenvalue weighted by Gasteiger charge is 2.25. The van der Waals surface area contributed by atoms with E-state index in [0.717, 1.165) is 25.9 Å². The molecule has 2 heteroatoms. The Hall–Kier alpha value is -0.630. The van der Waals surface area contributed by atoms with Crippen LogP contribution in [0.25, 0.3) is 0 Å². The molecule has 0 aliphatic heterocycles. The summed E-state index contributed by atoms with van der Waals surface area (Å²) in [5.74, 6) is 1.01. The summed E-state index contributed by atoms with van der Waals surface area (Å²) in [6.07, 6.45) is 10.1. The first kappa shape index (κ1) is 11.8. The van der Waals surface area contributed by atoms with Crippen molar-refractivity contribution in [2.24, 2.45) is 5.92 Å². The van der Waals surface area contributed by atoms with Gasteiger partial charge in [0.05, 0.1) is 6.10 Å². The lowest BCUT2D eigenvalue weighted by Gasteiger charge is -2.31. The predicted molar refractivity (Wildman–Crippen MR) is 64.3 cm³/mol. The Morgan fingerprint density at radius 1 is 1.25 bits per heavy atom. The van der Waals surface area contributed by atoms with Gasteiger partial charge < -0.3 is 4.74 Å². The quantitative estimate of drug-likeness (QED) is 0.732. The van der Waals surface area contributed by atoms with Gasteiger partial charge in [-0.3, -0.25) is 4.79 Å². The summed E-state index contributed by atoms with van der Waals surface area (Å²) >= 11 is 0. The number of ketones is 1. The van der Waals surface area contributed by atoms with E-state index in [9.17, 15) is 4.79 Å². The lowest BCUT2D eigenvalue weighted by Crippen LogP contribution is -2.23. The zero-order chi connectivity index (χ0) is 11.4. The molecule has 2 aliphatic rings. The van der Waals surface area contributed by atoms with Crippen molar-refractivity contribution < 1.29 is 9.53 Å². The molecule has 0 unspecified atom stereocenters. The zero-order valence-corrected chi connectivity index (χ0v) is 10.2. The van der Waals surface area contributed by atoms with Crippen LogP contribution in [0.3, 0.4) is 0 Å². The fourth-order valence-electron chi connectivity index (χ4n) is 2.98. The molecular formula is C14H22O2. The Bertz CT molecular complexity index is 272. The van der Waals surface area contributed by atoms with Gasteiger partial charge in [0.1, 0.15) is 0 Å². The van der Waals surface area contributed by atoms with Crippen LogP contribution in [0.1, 0.15) is 51.9 Å². The molecular weight excluding hydrogens is 200 g/mol. The van der Waals surface area contributed by atoms with Crippen molar-refractivity contribution in [3.05, 3.63) is 11.6 Å². The molecule has 0 aromatic heterocycles. The second-order valence-electron chi connectivity index (χ2n) is 4.97. The van der Waals surface area contributed by atoms with Crippen molar-refractivity contribution >= 4 is 5.78 Å². The van der Waals surface area contributed by atoms with Crippen molar-refractivity contribution in [1.82, 2.24) is 0 Å². The van der Waals surface area contributed by atoms with E-state index in [1.54, 1.807) is 0 Å².